The molecular formula is C17H20N2. The molecule has 3 fully saturated rings. The summed E-state index contributed by atoms with van der Waals surface area (Å²) in [5.41, 5.74) is 2.68. The summed E-state index contributed by atoms with van der Waals surface area (Å²) in [6, 6.07) is 9.44. The van der Waals surface area contributed by atoms with Gasteiger partial charge in [0.05, 0.1) is 0 Å². The van der Waals surface area contributed by atoms with E-state index in [0.29, 0.717) is 0 Å². The van der Waals surface area contributed by atoms with Crippen molar-refractivity contribution in [3.05, 3.63) is 36.0 Å². The normalized spacial score (nSPS) is 38.8. The van der Waals surface area contributed by atoms with Gasteiger partial charge in [0.2, 0.25) is 0 Å². The second-order valence-electron chi connectivity index (χ2n) is 6.75. The predicted molar refractivity (Wildman–Crippen MR) is 76.7 cm³/mol. The summed E-state index contributed by atoms with van der Waals surface area (Å²) in [6.07, 6.45) is 6.74. The molecule has 0 radical (unpaired) electrons. The summed E-state index contributed by atoms with van der Waals surface area (Å²) in [7, 11) is 0. The minimum absolute atomic E-state index is 0.833. The van der Waals surface area contributed by atoms with Crippen LogP contribution in [0.3, 0.4) is 0 Å². The van der Waals surface area contributed by atoms with Gasteiger partial charge in [0.25, 0.3) is 0 Å². The number of benzene rings is 1. The Balaban J connectivity index is 1.32. The molecule has 0 spiro atoms. The van der Waals surface area contributed by atoms with Gasteiger partial charge in [0, 0.05) is 29.7 Å². The third kappa shape index (κ3) is 1.41. The molecule has 3 aliphatic carbocycles. The molecule has 5 rings (SSSR count). The Morgan fingerprint density at radius 1 is 1.11 bits per heavy atom. The highest BCUT2D eigenvalue weighted by molar-refractivity contribution is 5.82. The molecule has 0 saturated heterocycles. The summed E-state index contributed by atoms with van der Waals surface area (Å²) < 4.78 is 0. The maximum Gasteiger partial charge on any atom is 0.0457 e. The standard InChI is InChI=1S/C17H20N2/c1-2-4-14-13(3-1)12(8-18-14)9-19-17-15-10-5-6-11(7-10)16(15)17/h1-4,8,10-11,15-19H,5-7,9H2. The molecular weight excluding hydrogens is 232 g/mol. The van der Waals surface area contributed by atoms with Crippen molar-refractivity contribution in [1.29, 1.82) is 0 Å². The predicted octanol–water partition coefficient (Wildman–Crippen LogP) is 3.30. The fourth-order valence-corrected chi connectivity index (χ4v) is 5.10. The molecule has 3 aliphatic rings. The van der Waals surface area contributed by atoms with Crippen molar-refractivity contribution in [3.8, 4) is 0 Å². The average molecular weight is 252 g/mol. The number of aromatic nitrogens is 1. The number of nitrogens with one attached hydrogen (secondary N) is 2. The Morgan fingerprint density at radius 2 is 1.89 bits per heavy atom. The zero-order valence-corrected chi connectivity index (χ0v) is 11.1. The van der Waals surface area contributed by atoms with E-state index in [0.717, 1.165) is 36.3 Å². The van der Waals surface area contributed by atoms with Crippen molar-refractivity contribution in [2.45, 2.75) is 31.8 Å². The lowest BCUT2D eigenvalue weighted by atomic mass is 10.0. The lowest BCUT2D eigenvalue weighted by Gasteiger charge is -2.10. The first kappa shape index (κ1) is 10.5. The molecule has 1 aromatic carbocycles. The molecule has 3 saturated carbocycles. The van der Waals surface area contributed by atoms with Crippen molar-refractivity contribution in [3.63, 3.8) is 0 Å². The fraction of sp³-hybridized carbons (Fsp3) is 0.529. The number of hydrogen-bond acceptors (Lipinski definition) is 1. The SMILES string of the molecule is c1ccc2c(CNC3C4C5CCC(C5)C34)c[nH]c2c1. The van der Waals surface area contributed by atoms with Crippen LogP contribution in [0, 0.1) is 23.7 Å². The number of fused-ring (bicyclic) bond motifs is 6. The van der Waals surface area contributed by atoms with Gasteiger partial charge < -0.3 is 10.3 Å². The van der Waals surface area contributed by atoms with Gasteiger partial charge in [-0.05, 0) is 54.6 Å². The molecule has 4 unspecified atom stereocenters. The van der Waals surface area contributed by atoms with Crippen LogP contribution < -0.4 is 5.32 Å². The zero-order valence-electron chi connectivity index (χ0n) is 11.1. The summed E-state index contributed by atoms with van der Waals surface area (Å²) in [6.45, 7) is 1.03. The third-order valence-electron chi connectivity index (χ3n) is 5.94. The van der Waals surface area contributed by atoms with Gasteiger partial charge in [-0.15, -0.1) is 0 Å². The van der Waals surface area contributed by atoms with Crippen LogP contribution in [0.25, 0.3) is 10.9 Å². The summed E-state index contributed by atoms with van der Waals surface area (Å²) in [4.78, 5) is 3.37. The Bertz CT molecular complexity index is 613. The van der Waals surface area contributed by atoms with E-state index in [1.54, 1.807) is 6.42 Å². The summed E-state index contributed by atoms with van der Waals surface area (Å²) in [5.74, 6) is 4.19. The number of para-hydroxylation sites is 1. The highest BCUT2D eigenvalue weighted by Gasteiger charge is 2.64. The maximum atomic E-state index is 3.83. The number of hydrogen-bond donors (Lipinski definition) is 2. The van der Waals surface area contributed by atoms with E-state index in [4.69, 9.17) is 0 Å². The summed E-state index contributed by atoms with van der Waals surface area (Å²) in [5, 5.41) is 5.21. The van der Waals surface area contributed by atoms with Crippen molar-refractivity contribution < 1.29 is 0 Å². The molecule has 2 heteroatoms. The van der Waals surface area contributed by atoms with E-state index >= 15 is 0 Å². The molecule has 19 heavy (non-hydrogen) atoms. The van der Waals surface area contributed by atoms with Crippen LogP contribution in [-0.2, 0) is 6.54 Å². The van der Waals surface area contributed by atoms with Crippen LogP contribution in [0.15, 0.2) is 30.5 Å². The average Bonchev–Trinajstić information content (AvgIpc) is 2.85. The second kappa shape index (κ2) is 3.63. The van der Waals surface area contributed by atoms with Crippen molar-refractivity contribution >= 4 is 10.9 Å². The van der Waals surface area contributed by atoms with Gasteiger partial charge in [-0.2, -0.15) is 0 Å². The lowest BCUT2D eigenvalue weighted by Crippen LogP contribution is -2.22. The van der Waals surface area contributed by atoms with Gasteiger partial charge in [-0.1, -0.05) is 18.2 Å². The number of H-pyrrole nitrogens is 1. The quantitative estimate of drug-likeness (QED) is 0.862. The lowest BCUT2D eigenvalue weighted by molar-refractivity contribution is 0.456. The van der Waals surface area contributed by atoms with Gasteiger partial charge in [-0.25, -0.2) is 0 Å². The summed E-state index contributed by atoms with van der Waals surface area (Å²) >= 11 is 0. The van der Waals surface area contributed by atoms with Crippen LogP contribution in [0.2, 0.25) is 0 Å². The molecule has 1 aromatic heterocycles. The maximum absolute atomic E-state index is 3.83. The van der Waals surface area contributed by atoms with Crippen LogP contribution in [0.5, 0.6) is 0 Å². The Hall–Kier alpha value is -1.28. The fourth-order valence-electron chi connectivity index (χ4n) is 5.10. The highest BCUT2D eigenvalue weighted by Crippen LogP contribution is 2.65. The van der Waals surface area contributed by atoms with E-state index in [1.165, 1.54) is 29.3 Å². The van der Waals surface area contributed by atoms with E-state index in [9.17, 15) is 0 Å². The molecule has 1 heterocycles. The highest BCUT2D eigenvalue weighted by atomic mass is 15.0. The molecule has 2 nitrogen and oxygen atoms in total. The number of aromatic amines is 1. The smallest absolute Gasteiger partial charge is 0.0457 e. The third-order valence-corrected chi connectivity index (χ3v) is 5.94. The van der Waals surface area contributed by atoms with Crippen LogP contribution in [0.1, 0.15) is 24.8 Å². The van der Waals surface area contributed by atoms with Gasteiger partial charge in [0.1, 0.15) is 0 Å². The minimum Gasteiger partial charge on any atom is -0.361 e. The van der Waals surface area contributed by atoms with E-state index in [1.807, 2.05) is 0 Å². The second-order valence-corrected chi connectivity index (χ2v) is 6.75. The van der Waals surface area contributed by atoms with Crippen LogP contribution in [0.4, 0.5) is 0 Å². The molecule has 2 aromatic rings. The number of rotatable bonds is 3. The first-order valence-electron chi connectivity index (χ1n) is 7.70. The monoisotopic (exact) mass is 252 g/mol. The molecule has 2 N–H and O–H groups in total. The Morgan fingerprint density at radius 3 is 2.74 bits per heavy atom. The Labute approximate surface area is 113 Å². The Kier molecular flexibility index (Phi) is 2.01. The largest absolute Gasteiger partial charge is 0.361 e. The van der Waals surface area contributed by atoms with Crippen molar-refractivity contribution in [1.82, 2.24) is 10.3 Å². The van der Waals surface area contributed by atoms with Gasteiger partial charge in [-0.3, -0.25) is 0 Å². The van der Waals surface area contributed by atoms with E-state index < -0.39 is 0 Å². The first-order chi connectivity index (χ1) is 9.42. The zero-order chi connectivity index (χ0) is 12.4. The van der Waals surface area contributed by atoms with E-state index in [-0.39, 0.29) is 0 Å². The van der Waals surface area contributed by atoms with Crippen molar-refractivity contribution in [2.24, 2.45) is 23.7 Å². The minimum atomic E-state index is 0.833. The first-order valence-corrected chi connectivity index (χ1v) is 7.70. The van der Waals surface area contributed by atoms with Crippen LogP contribution in [-0.4, -0.2) is 11.0 Å². The molecule has 98 valence electrons. The molecule has 0 aliphatic heterocycles. The molecule has 0 amide bonds. The van der Waals surface area contributed by atoms with Gasteiger partial charge >= 0.3 is 0 Å². The topological polar surface area (TPSA) is 27.8 Å². The molecule has 4 atom stereocenters. The van der Waals surface area contributed by atoms with Crippen molar-refractivity contribution in [2.75, 3.05) is 0 Å². The van der Waals surface area contributed by atoms with Gasteiger partial charge in [0.15, 0.2) is 0 Å². The van der Waals surface area contributed by atoms with Crippen LogP contribution >= 0.6 is 0 Å². The van der Waals surface area contributed by atoms with E-state index in [2.05, 4.69) is 40.8 Å². The molecule has 2 bridgehead atoms.